The minimum atomic E-state index is -0.229. The van der Waals surface area contributed by atoms with Crippen molar-refractivity contribution >= 4 is 5.97 Å². The van der Waals surface area contributed by atoms with E-state index >= 15 is 0 Å². The normalized spacial score (nSPS) is 23.5. The Hall–Kier alpha value is -1.55. The Kier molecular flexibility index (Phi) is 3.66. The molecule has 1 aromatic carbocycles. The van der Waals surface area contributed by atoms with Crippen LogP contribution >= 0.6 is 0 Å². The fraction of sp³-hybridized carbons (Fsp3) is 0.562. The molecule has 2 aliphatic rings. The van der Waals surface area contributed by atoms with Gasteiger partial charge in [-0.25, -0.2) is 4.79 Å². The summed E-state index contributed by atoms with van der Waals surface area (Å²) in [6.45, 7) is 6.94. The van der Waals surface area contributed by atoms with Crippen LogP contribution in [0.15, 0.2) is 18.2 Å². The number of rotatable bonds is 4. The van der Waals surface area contributed by atoms with Gasteiger partial charge in [-0.15, -0.1) is 0 Å². The first-order chi connectivity index (χ1) is 9.69. The van der Waals surface area contributed by atoms with Gasteiger partial charge in [0.25, 0.3) is 0 Å². The molecule has 0 aromatic heterocycles. The van der Waals surface area contributed by atoms with Crippen LogP contribution in [0.5, 0.6) is 5.75 Å². The van der Waals surface area contributed by atoms with Gasteiger partial charge in [-0.3, -0.25) is 4.90 Å². The van der Waals surface area contributed by atoms with E-state index in [2.05, 4.69) is 18.7 Å². The monoisotopic (exact) mass is 275 g/mol. The lowest BCUT2D eigenvalue weighted by Crippen LogP contribution is -2.40. The highest BCUT2D eigenvalue weighted by atomic mass is 16.5. The molecule has 0 radical (unpaired) electrons. The summed E-state index contributed by atoms with van der Waals surface area (Å²) >= 11 is 0. The third-order valence-electron chi connectivity index (χ3n) is 4.34. The number of nitrogens with zero attached hydrogens (tertiary/aromatic N) is 1. The Morgan fingerprint density at radius 3 is 3.15 bits per heavy atom. The van der Waals surface area contributed by atoms with Crippen molar-refractivity contribution in [1.29, 1.82) is 0 Å². The lowest BCUT2D eigenvalue weighted by molar-refractivity contribution is 0.0535. The second-order valence-electron chi connectivity index (χ2n) is 5.56. The Morgan fingerprint density at radius 2 is 2.35 bits per heavy atom. The maximum atomic E-state index is 11.4. The number of esters is 1. The summed E-state index contributed by atoms with van der Waals surface area (Å²) in [4.78, 5) is 13.9. The van der Waals surface area contributed by atoms with Crippen molar-refractivity contribution < 1.29 is 14.3 Å². The van der Waals surface area contributed by atoms with E-state index in [-0.39, 0.29) is 12.1 Å². The molecule has 0 N–H and O–H groups in total. The molecule has 3 rings (SSSR count). The van der Waals surface area contributed by atoms with Crippen LogP contribution in [0, 0.1) is 0 Å². The van der Waals surface area contributed by atoms with Gasteiger partial charge < -0.3 is 9.47 Å². The van der Waals surface area contributed by atoms with Gasteiger partial charge in [-0.1, -0.05) is 6.92 Å². The predicted octanol–water partition coefficient (Wildman–Crippen LogP) is 2.61. The van der Waals surface area contributed by atoms with Gasteiger partial charge in [-0.2, -0.15) is 0 Å². The van der Waals surface area contributed by atoms with E-state index in [0.29, 0.717) is 18.2 Å². The molecular formula is C16H21NO3. The van der Waals surface area contributed by atoms with Crippen molar-refractivity contribution in [3.05, 3.63) is 29.3 Å². The molecule has 108 valence electrons. The van der Waals surface area contributed by atoms with E-state index in [0.717, 1.165) is 17.9 Å². The van der Waals surface area contributed by atoms with Crippen molar-refractivity contribution in [2.75, 3.05) is 13.1 Å². The third-order valence-corrected chi connectivity index (χ3v) is 4.34. The number of benzene rings is 1. The van der Waals surface area contributed by atoms with Crippen LogP contribution in [0.3, 0.4) is 0 Å². The molecule has 2 atom stereocenters. The highest BCUT2D eigenvalue weighted by Gasteiger charge is 2.29. The summed E-state index contributed by atoms with van der Waals surface area (Å²) in [6.07, 6.45) is 2.61. The maximum Gasteiger partial charge on any atom is 0.338 e. The number of hydrogen-bond donors (Lipinski definition) is 0. The van der Waals surface area contributed by atoms with Crippen molar-refractivity contribution in [3.8, 4) is 5.75 Å². The van der Waals surface area contributed by atoms with Crippen molar-refractivity contribution in [1.82, 2.24) is 4.90 Å². The van der Waals surface area contributed by atoms with Gasteiger partial charge in [0.1, 0.15) is 18.5 Å². The zero-order chi connectivity index (χ0) is 14.1. The number of carbonyl (C=O) groups excluding carboxylic acids is 1. The minimum Gasteiger partial charge on any atom is -0.489 e. The van der Waals surface area contributed by atoms with Crippen LogP contribution in [0.2, 0.25) is 0 Å². The fourth-order valence-corrected chi connectivity index (χ4v) is 3.25. The molecule has 4 heteroatoms. The lowest BCUT2D eigenvalue weighted by Gasteiger charge is -2.29. The smallest absolute Gasteiger partial charge is 0.338 e. The van der Waals surface area contributed by atoms with Crippen LogP contribution in [0.4, 0.5) is 0 Å². The third kappa shape index (κ3) is 2.40. The molecule has 20 heavy (non-hydrogen) atoms. The molecule has 1 unspecified atom stereocenters. The number of likely N-dealkylation sites (tertiary alicyclic amines) is 1. The Bertz CT molecular complexity index is 514. The first kappa shape index (κ1) is 13.4. The molecule has 1 aromatic rings. The van der Waals surface area contributed by atoms with E-state index in [1.807, 2.05) is 12.1 Å². The molecule has 0 amide bonds. The zero-order valence-electron chi connectivity index (χ0n) is 12.1. The highest BCUT2D eigenvalue weighted by Crippen LogP contribution is 2.27. The van der Waals surface area contributed by atoms with E-state index in [1.54, 1.807) is 6.07 Å². The Balaban J connectivity index is 1.70. The number of carbonyl (C=O) groups is 1. The lowest BCUT2D eigenvalue weighted by atomic mass is 10.1. The van der Waals surface area contributed by atoms with Gasteiger partial charge in [-0.05, 0) is 51.1 Å². The molecular weight excluding hydrogens is 254 g/mol. The van der Waals surface area contributed by atoms with Crippen molar-refractivity contribution in [2.24, 2.45) is 0 Å². The average molecular weight is 275 g/mol. The summed E-state index contributed by atoms with van der Waals surface area (Å²) in [5, 5.41) is 0. The summed E-state index contributed by atoms with van der Waals surface area (Å²) in [5.41, 5.74) is 1.60. The van der Waals surface area contributed by atoms with Gasteiger partial charge >= 0.3 is 5.97 Å². The summed E-state index contributed by atoms with van der Waals surface area (Å²) in [5.74, 6) is 0.602. The van der Waals surface area contributed by atoms with Crippen LogP contribution in [0.25, 0.3) is 0 Å². The van der Waals surface area contributed by atoms with Crippen LogP contribution in [-0.2, 0) is 11.3 Å². The second-order valence-corrected chi connectivity index (χ2v) is 5.56. The molecule has 0 aliphatic carbocycles. The molecule has 1 saturated heterocycles. The molecule has 0 saturated carbocycles. The van der Waals surface area contributed by atoms with Gasteiger partial charge in [0.15, 0.2) is 0 Å². The molecule has 4 nitrogen and oxygen atoms in total. The van der Waals surface area contributed by atoms with Crippen LogP contribution < -0.4 is 4.74 Å². The van der Waals surface area contributed by atoms with Gasteiger partial charge in [0.05, 0.1) is 5.56 Å². The average Bonchev–Trinajstić information content (AvgIpc) is 3.05. The molecule has 2 aliphatic heterocycles. The van der Waals surface area contributed by atoms with Crippen molar-refractivity contribution in [2.45, 2.75) is 45.4 Å². The van der Waals surface area contributed by atoms with E-state index in [1.165, 1.54) is 19.4 Å². The first-order valence-corrected chi connectivity index (χ1v) is 7.40. The number of likely N-dealkylation sites (N-methyl/N-ethyl adjacent to an activating group) is 1. The number of cyclic esters (lactones) is 1. The minimum absolute atomic E-state index is 0.161. The van der Waals surface area contributed by atoms with E-state index in [9.17, 15) is 4.79 Å². The summed E-state index contributed by atoms with van der Waals surface area (Å²) < 4.78 is 11.1. The van der Waals surface area contributed by atoms with E-state index < -0.39 is 0 Å². The summed E-state index contributed by atoms with van der Waals surface area (Å²) in [6, 6.07) is 6.10. The highest BCUT2D eigenvalue weighted by molar-refractivity contribution is 5.93. The Morgan fingerprint density at radius 1 is 1.50 bits per heavy atom. The molecule has 2 heterocycles. The van der Waals surface area contributed by atoms with Crippen molar-refractivity contribution in [3.63, 3.8) is 0 Å². The Labute approximate surface area is 119 Å². The number of fused-ring (bicyclic) bond motifs is 1. The van der Waals surface area contributed by atoms with Crippen LogP contribution in [-0.4, -0.2) is 36.1 Å². The molecule has 1 fully saturated rings. The standard InChI is InChI=1S/C16H21NO3/c1-3-17-8-4-5-15(17)11(2)20-13-6-7-14-12(9-13)10-19-16(14)18/h6-7,9,11,15H,3-5,8,10H2,1-2H3/t11-,15?/m0/s1. The SMILES string of the molecule is CCN1CCCC1[C@H](C)Oc1ccc2c(c1)COC2=O. The quantitative estimate of drug-likeness (QED) is 0.792. The molecule has 0 bridgehead atoms. The molecule has 0 spiro atoms. The second kappa shape index (κ2) is 5.44. The van der Waals surface area contributed by atoms with E-state index in [4.69, 9.17) is 9.47 Å². The zero-order valence-corrected chi connectivity index (χ0v) is 12.1. The number of hydrogen-bond acceptors (Lipinski definition) is 4. The summed E-state index contributed by atoms with van der Waals surface area (Å²) in [7, 11) is 0. The largest absolute Gasteiger partial charge is 0.489 e. The first-order valence-electron chi connectivity index (χ1n) is 7.40. The predicted molar refractivity (Wildman–Crippen MR) is 75.9 cm³/mol. The van der Waals surface area contributed by atoms with Gasteiger partial charge in [0, 0.05) is 11.6 Å². The fourth-order valence-electron chi connectivity index (χ4n) is 3.25. The van der Waals surface area contributed by atoms with Gasteiger partial charge in [0.2, 0.25) is 0 Å². The number of ether oxygens (including phenoxy) is 2. The maximum absolute atomic E-state index is 11.4. The topological polar surface area (TPSA) is 38.8 Å². The van der Waals surface area contributed by atoms with Crippen LogP contribution in [0.1, 0.15) is 42.6 Å².